The molecule has 152 valence electrons. The summed E-state index contributed by atoms with van der Waals surface area (Å²) in [5.41, 5.74) is 1.53. The Bertz CT molecular complexity index is 869. The van der Waals surface area contributed by atoms with Crippen molar-refractivity contribution < 1.29 is 17.9 Å². The molecule has 2 aromatic carbocycles. The summed E-state index contributed by atoms with van der Waals surface area (Å²) >= 11 is 0. The fraction of sp³-hybridized carbons (Fsp3) is 0.381. The van der Waals surface area contributed by atoms with Crippen LogP contribution in [0.5, 0.6) is 5.75 Å². The molecule has 0 bridgehead atoms. The third-order valence-electron chi connectivity index (χ3n) is 4.20. The van der Waals surface area contributed by atoms with Crippen LogP contribution in [0.1, 0.15) is 25.3 Å². The third kappa shape index (κ3) is 6.88. The molecule has 0 spiro atoms. The highest BCUT2D eigenvalue weighted by Crippen LogP contribution is 2.22. The lowest BCUT2D eigenvalue weighted by Crippen LogP contribution is -2.37. The molecule has 0 unspecified atom stereocenters. The zero-order chi connectivity index (χ0) is 20.6. The lowest BCUT2D eigenvalue weighted by Gasteiger charge is -2.24. The molecule has 0 aromatic heterocycles. The van der Waals surface area contributed by atoms with Crippen LogP contribution < -0.4 is 14.4 Å². The number of amides is 1. The first kappa shape index (κ1) is 21.8. The van der Waals surface area contributed by atoms with Gasteiger partial charge in [0, 0.05) is 13.0 Å². The zero-order valence-corrected chi connectivity index (χ0v) is 17.4. The molecule has 0 heterocycles. The number of nitrogens with zero attached hydrogens (tertiary/aromatic N) is 1. The number of hydrogen-bond acceptors (Lipinski definition) is 4. The summed E-state index contributed by atoms with van der Waals surface area (Å²) in [6, 6.07) is 16.6. The normalized spacial score (nSPS) is 12.2. The number of sulfonamides is 1. The van der Waals surface area contributed by atoms with Crippen LogP contribution in [-0.4, -0.2) is 39.8 Å². The van der Waals surface area contributed by atoms with E-state index < -0.39 is 10.0 Å². The average molecular weight is 405 g/mol. The van der Waals surface area contributed by atoms with Gasteiger partial charge in [-0.3, -0.25) is 9.10 Å². The first-order chi connectivity index (χ1) is 13.3. The molecular formula is C21H28N2O4S. The molecule has 0 radical (unpaired) electrons. The Balaban J connectivity index is 1.81. The van der Waals surface area contributed by atoms with E-state index in [4.69, 9.17) is 4.74 Å². The molecule has 1 N–H and O–H groups in total. The molecule has 7 heteroatoms. The third-order valence-corrected chi connectivity index (χ3v) is 5.38. The maximum atomic E-state index is 12.2. The highest BCUT2D eigenvalue weighted by atomic mass is 32.2. The largest absolute Gasteiger partial charge is 0.491 e. The van der Waals surface area contributed by atoms with E-state index >= 15 is 0 Å². The molecule has 1 amide bonds. The number of carbonyl (C=O) groups is 1. The number of para-hydroxylation sites is 2. The van der Waals surface area contributed by atoms with Crippen molar-refractivity contribution in [2.45, 2.75) is 32.7 Å². The molecular weight excluding hydrogens is 376 g/mol. The van der Waals surface area contributed by atoms with Gasteiger partial charge in [-0.25, -0.2) is 8.42 Å². The van der Waals surface area contributed by atoms with E-state index in [2.05, 4.69) is 5.32 Å². The van der Waals surface area contributed by atoms with E-state index in [1.807, 2.05) is 62.4 Å². The second-order valence-corrected chi connectivity index (χ2v) is 8.72. The number of rotatable bonds is 10. The minimum Gasteiger partial charge on any atom is -0.491 e. The standard InChI is InChI=1S/C21H28N2O4S/c1-17-10-7-8-13-20(17)23(28(3,25)26)15-9-14-21(24)22-18(2)16-27-19-11-5-4-6-12-19/h4-8,10-13,18H,9,14-16H2,1-3H3,(H,22,24)/t18-/m0/s1. The highest BCUT2D eigenvalue weighted by molar-refractivity contribution is 7.92. The van der Waals surface area contributed by atoms with Gasteiger partial charge >= 0.3 is 0 Å². The predicted octanol–water partition coefficient (Wildman–Crippen LogP) is 3.12. The lowest BCUT2D eigenvalue weighted by atomic mass is 10.2. The van der Waals surface area contributed by atoms with Crippen molar-refractivity contribution in [2.24, 2.45) is 0 Å². The maximum absolute atomic E-state index is 12.2. The molecule has 0 aliphatic rings. The van der Waals surface area contributed by atoms with Crippen LogP contribution in [0.4, 0.5) is 5.69 Å². The van der Waals surface area contributed by atoms with E-state index in [1.54, 1.807) is 6.07 Å². The second kappa shape index (κ2) is 10.1. The van der Waals surface area contributed by atoms with E-state index in [0.29, 0.717) is 18.7 Å². The number of hydrogen-bond donors (Lipinski definition) is 1. The minimum absolute atomic E-state index is 0.123. The summed E-state index contributed by atoms with van der Waals surface area (Å²) in [4.78, 5) is 12.2. The Morgan fingerprint density at radius 1 is 1.11 bits per heavy atom. The topological polar surface area (TPSA) is 75.7 Å². The molecule has 0 aliphatic heterocycles. The van der Waals surface area contributed by atoms with Crippen LogP contribution in [0.3, 0.4) is 0 Å². The summed E-state index contributed by atoms with van der Waals surface area (Å²) in [5, 5.41) is 2.88. The second-order valence-electron chi connectivity index (χ2n) is 6.82. The highest BCUT2D eigenvalue weighted by Gasteiger charge is 2.19. The number of aryl methyl sites for hydroxylation is 1. The van der Waals surface area contributed by atoms with Crippen molar-refractivity contribution in [2.75, 3.05) is 23.7 Å². The quantitative estimate of drug-likeness (QED) is 0.660. The Hall–Kier alpha value is -2.54. The summed E-state index contributed by atoms with van der Waals surface area (Å²) in [7, 11) is -3.42. The van der Waals surface area contributed by atoms with Crippen LogP contribution in [0, 0.1) is 6.92 Å². The van der Waals surface area contributed by atoms with Crippen LogP contribution in [-0.2, 0) is 14.8 Å². The van der Waals surface area contributed by atoms with Crippen LogP contribution in [0.15, 0.2) is 54.6 Å². The van der Waals surface area contributed by atoms with Crippen molar-refractivity contribution in [1.82, 2.24) is 5.32 Å². The maximum Gasteiger partial charge on any atom is 0.232 e. The van der Waals surface area contributed by atoms with Gasteiger partial charge in [-0.15, -0.1) is 0 Å². The minimum atomic E-state index is -3.42. The Labute approximate surface area is 167 Å². The van der Waals surface area contributed by atoms with Crippen molar-refractivity contribution in [3.63, 3.8) is 0 Å². The Kier molecular flexibility index (Phi) is 7.87. The van der Waals surface area contributed by atoms with E-state index in [-0.39, 0.29) is 24.9 Å². The molecule has 0 saturated heterocycles. The van der Waals surface area contributed by atoms with Gasteiger partial charge in [-0.1, -0.05) is 36.4 Å². The SMILES string of the molecule is Cc1ccccc1N(CCCC(=O)N[C@@H](C)COc1ccccc1)S(C)(=O)=O. The fourth-order valence-corrected chi connectivity index (χ4v) is 3.84. The van der Waals surface area contributed by atoms with E-state index in [1.165, 1.54) is 10.6 Å². The zero-order valence-electron chi connectivity index (χ0n) is 16.6. The summed E-state index contributed by atoms with van der Waals surface area (Å²) < 4.78 is 31.3. The molecule has 6 nitrogen and oxygen atoms in total. The van der Waals surface area contributed by atoms with Crippen molar-refractivity contribution in [3.05, 3.63) is 60.2 Å². The van der Waals surface area contributed by atoms with Crippen molar-refractivity contribution >= 4 is 21.6 Å². The van der Waals surface area contributed by atoms with E-state index in [9.17, 15) is 13.2 Å². The Morgan fingerprint density at radius 2 is 1.75 bits per heavy atom. The van der Waals surface area contributed by atoms with Crippen molar-refractivity contribution in [3.8, 4) is 5.75 Å². The van der Waals surface area contributed by atoms with Gasteiger partial charge < -0.3 is 10.1 Å². The molecule has 1 atom stereocenters. The van der Waals surface area contributed by atoms with Gasteiger partial charge in [-0.2, -0.15) is 0 Å². The van der Waals surface area contributed by atoms with E-state index in [0.717, 1.165) is 11.3 Å². The van der Waals surface area contributed by atoms with Crippen LogP contribution in [0.2, 0.25) is 0 Å². The lowest BCUT2D eigenvalue weighted by molar-refractivity contribution is -0.121. The van der Waals surface area contributed by atoms with Gasteiger partial charge in [0.1, 0.15) is 12.4 Å². The molecule has 2 aromatic rings. The van der Waals surface area contributed by atoms with Gasteiger partial charge in [0.25, 0.3) is 0 Å². The summed E-state index contributed by atoms with van der Waals surface area (Å²) in [5.74, 6) is 0.632. The molecule has 0 saturated carbocycles. The average Bonchev–Trinajstić information content (AvgIpc) is 2.64. The molecule has 2 rings (SSSR count). The number of benzene rings is 2. The van der Waals surface area contributed by atoms with Crippen LogP contribution in [0.25, 0.3) is 0 Å². The molecule has 0 fully saturated rings. The number of ether oxygens (including phenoxy) is 1. The predicted molar refractivity (Wildman–Crippen MR) is 112 cm³/mol. The smallest absolute Gasteiger partial charge is 0.232 e. The van der Waals surface area contributed by atoms with Gasteiger partial charge in [0.05, 0.1) is 18.0 Å². The Morgan fingerprint density at radius 3 is 2.39 bits per heavy atom. The summed E-state index contributed by atoms with van der Waals surface area (Å²) in [6.45, 7) is 4.37. The number of nitrogens with one attached hydrogen (secondary N) is 1. The van der Waals surface area contributed by atoms with Gasteiger partial charge in [-0.05, 0) is 44.0 Å². The fourth-order valence-electron chi connectivity index (χ4n) is 2.82. The summed E-state index contributed by atoms with van der Waals surface area (Å²) in [6.07, 6.45) is 1.86. The number of carbonyl (C=O) groups excluding carboxylic acids is 1. The molecule has 28 heavy (non-hydrogen) atoms. The van der Waals surface area contributed by atoms with Crippen molar-refractivity contribution in [1.29, 1.82) is 0 Å². The van der Waals surface area contributed by atoms with Gasteiger partial charge in [0.2, 0.25) is 15.9 Å². The first-order valence-corrected chi connectivity index (χ1v) is 11.1. The monoisotopic (exact) mass is 404 g/mol. The van der Waals surface area contributed by atoms with Gasteiger partial charge in [0.15, 0.2) is 0 Å². The number of anilines is 1. The molecule has 0 aliphatic carbocycles. The van der Waals surface area contributed by atoms with Crippen LogP contribution >= 0.6 is 0 Å². The first-order valence-electron chi connectivity index (χ1n) is 9.28.